The fraction of sp³-hybridized carbons (Fsp3) is 0.364. The number of nitrogens with zero attached hydrogens (tertiary/aromatic N) is 2. The second-order valence-corrected chi connectivity index (χ2v) is 3.20. The van der Waals surface area contributed by atoms with Gasteiger partial charge in [0.15, 0.2) is 0 Å². The zero-order chi connectivity index (χ0) is 12.1. The predicted octanol–water partition coefficient (Wildman–Crippen LogP) is 1.26. The Bertz CT molecular complexity index is 400. The number of pyridine rings is 1. The second-order valence-electron chi connectivity index (χ2n) is 3.20. The second kappa shape index (κ2) is 5.25. The number of rotatable bonds is 4. The van der Waals surface area contributed by atoms with E-state index in [4.69, 9.17) is 5.11 Å². The van der Waals surface area contributed by atoms with Gasteiger partial charge in [-0.25, -0.2) is 4.79 Å². The Labute approximate surface area is 93.7 Å². The molecule has 0 unspecified atom stereocenters. The number of carbonyl (C=O) groups excluding carboxylic acids is 1. The topological polar surface area (TPSA) is 70.5 Å². The zero-order valence-electron chi connectivity index (χ0n) is 9.30. The molecular weight excluding hydrogens is 208 g/mol. The summed E-state index contributed by atoms with van der Waals surface area (Å²) in [4.78, 5) is 28.2. The van der Waals surface area contributed by atoms with E-state index in [9.17, 15) is 9.59 Å². The lowest BCUT2D eigenvalue weighted by Gasteiger charge is -2.19. The van der Waals surface area contributed by atoms with E-state index < -0.39 is 5.97 Å². The molecule has 0 bridgehead atoms. The molecule has 5 nitrogen and oxygen atoms in total. The van der Waals surface area contributed by atoms with E-state index in [1.807, 2.05) is 13.8 Å². The van der Waals surface area contributed by atoms with Crippen LogP contribution in [0.5, 0.6) is 0 Å². The molecule has 0 saturated carbocycles. The summed E-state index contributed by atoms with van der Waals surface area (Å²) >= 11 is 0. The Morgan fingerprint density at radius 1 is 1.31 bits per heavy atom. The minimum Gasteiger partial charge on any atom is -0.478 e. The number of carbonyl (C=O) groups is 2. The molecule has 5 heteroatoms. The number of hydrogen-bond donors (Lipinski definition) is 1. The lowest BCUT2D eigenvalue weighted by Crippen LogP contribution is -2.31. The van der Waals surface area contributed by atoms with Crippen LogP contribution in [0, 0.1) is 0 Å². The van der Waals surface area contributed by atoms with Crippen molar-refractivity contribution in [3.05, 3.63) is 29.6 Å². The van der Waals surface area contributed by atoms with Crippen LogP contribution < -0.4 is 0 Å². The van der Waals surface area contributed by atoms with Crippen LogP contribution in [0.3, 0.4) is 0 Å². The van der Waals surface area contributed by atoms with Gasteiger partial charge in [-0.15, -0.1) is 0 Å². The van der Waals surface area contributed by atoms with E-state index in [1.54, 1.807) is 4.90 Å². The lowest BCUT2D eigenvalue weighted by atomic mass is 10.1. The van der Waals surface area contributed by atoms with Gasteiger partial charge in [-0.05, 0) is 19.9 Å². The molecule has 0 aromatic carbocycles. The zero-order valence-corrected chi connectivity index (χ0v) is 9.30. The highest BCUT2D eigenvalue weighted by atomic mass is 16.4. The molecule has 1 N–H and O–H groups in total. The van der Waals surface area contributed by atoms with E-state index in [-0.39, 0.29) is 17.0 Å². The van der Waals surface area contributed by atoms with Crippen molar-refractivity contribution < 1.29 is 14.7 Å². The highest BCUT2D eigenvalue weighted by molar-refractivity contribution is 6.04. The molecule has 0 aliphatic rings. The monoisotopic (exact) mass is 222 g/mol. The minimum atomic E-state index is -1.14. The van der Waals surface area contributed by atoms with Gasteiger partial charge >= 0.3 is 5.97 Å². The number of carboxylic acid groups (broad SMARTS) is 1. The van der Waals surface area contributed by atoms with E-state index in [1.165, 1.54) is 18.5 Å². The molecule has 16 heavy (non-hydrogen) atoms. The Balaban J connectivity index is 3.12. The van der Waals surface area contributed by atoms with E-state index in [0.717, 1.165) is 0 Å². The maximum atomic E-state index is 12.0. The molecule has 0 fully saturated rings. The third kappa shape index (κ3) is 2.36. The van der Waals surface area contributed by atoms with Crippen molar-refractivity contribution in [2.24, 2.45) is 0 Å². The maximum Gasteiger partial charge on any atom is 0.338 e. The Morgan fingerprint density at radius 2 is 1.94 bits per heavy atom. The molecule has 1 amide bonds. The molecule has 0 aliphatic carbocycles. The van der Waals surface area contributed by atoms with Gasteiger partial charge in [-0.1, -0.05) is 0 Å². The molecule has 0 spiro atoms. The summed E-state index contributed by atoms with van der Waals surface area (Å²) in [7, 11) is 0. The van der Waals surface area contributed by atoms with Crippen LogP contribution in [0.4, 0.5) is 0 Å². The SMILES string of the molecule is CCN(CC)C(=O)c1ccncc1C(=O)O. The molecule has 0 aliphatic heterocycles. The van der Waals surface area contributed by atoms with Crippen molar-refractivity contribution in [2.75, 3.05) is 13.1 Å². The van der Waals surface area contributed by atoms with Crippen LogP contribution in [-0.2, 0) is 0 Å². The highest BCUT2D eigenvalue weighted by Crippen LogP contribution is 2.10. The largest absolute Gasteiger partial charge is 0.478 e. The average Bonchev–Trinajstić information content (AvgIpc) is 2.30. The third-order valence-electron chi connectivity index (χ3n) is 2.33. The van der Waals surface area contributed by atoms with E-state index in [0.29, 0.717) is 13.1 Å². The summed E-state index contributed by atoms with van der Waals surface area (Å²) < 4.78 is 0. The van der Waals surface area contributed by atoms with Crippen molar-refractivity contribution >= 4 is 11.9 Å². The van der Waals surface area contributed by atoms with Crippen LogP contribution in [0.1, 0.15) is 34.6 Å². The fourth-order valence-corrected chi connectivity index (χ4v) is 1.43. The standard InChI is InChI=1S/C11H14N2O3/c1-3-13(4-2)10(14)8-5-6-12-7-9(8)11(15)16/h5-7H,3-4H2,1-2H3,(H,15,16). The van der Waals surface area contributed by atoms with Crippen molar-refractivity contribution in [2.45, 2.75) is 13.8 Å². The maximum absolute atomic E-state index is 12.0. The molecule has 1 rings (SSSR count). The molecule has 1 aromatic heterocycles. The summed E-state index contributed by atoms with van der Waals surface area (Å²) in [5.41, 5.74) is 0.130. The number of aromatic carboxylic acids is 1. The van der Waals surface area contributed by atoms with Crippen LogP contribution >= 0.6 is 0 Å². The van der Waals surface area contributed by atoms with Crippen molar-refractivity contribution in [1.82, 2.24) is 9.88 Å². The average molecular weight is 222 g/mol. The van der Waals surface area contributed by atoms with Gasteiger partial charge < -0.3 is 10.0 Å². The molecule has 1 heterocycles. The third-order valence-corrected chi connectivity index (χ3v) is 2.33. The first kappa shape index (κ1) is 12.2. The number of hydrogen-bond acceptors (Lipinski definition) is 3. The normalized spacial score (nSPS) is 9.88. The number of carboxylic acids is 1. The van der Waals surface area contributed by atoms with Crippen LogP contribution in [0.25, 0.3) is 0 Å². The smallest absolute Gasteiger partial charge is 0.338 e. The Hall–Kier alpha value is -1.91. The lowest BCUT2D eigenvalue weighted by molar-refractivity contribution is 0.0677. The highest BCUT2D eigenvalue weighted by Gasteiger charge is 2.19. The summed E-state index contributed by atoms with van der Waals surface area (Å²) in [5, 5.41) is 8.93. The first-order valence-electron chi connectivity index (χ1n) is 5.08. The van der Waals surface area contributed by atoms with Crippen molar-refractivity contribution in [3.8, 4) is 0 Å². The summed E-state index contributed by atoms with van der Waals surface area (Å²) in [6.07, 6.45) is 2.61. The molecule has 1 aromatic rings. The van der Waals surface area contributed by atoms with Gasteiger partial charge in [0, 0.05) is 25.5 Å². The summed E-state index contributed by atoms with van der Waals surface area (Å²) in [5.74, 6) is -1.41. The first-order valence-corrected chi connectivity index (χ1v) is 5.08. The van der Waals surface area contributed by atoms with Gasteiger partial charge in [0.05, 0.1) is 11.1 Å². The molecule has 86 valence electrons. The van der Waals surface area contributed by atoms with Gasteiger partial charge in [0.1, 0.15) is 0 Å². The number of amides is 1. The first-order chi connectivity index (χ1) is 7.61. The van der Waals surface area contributed by atoms with E-state index in [2.05, 4.69) is 4.98 Å². The van der Waals surface area contributed by atoms with Crippen LogP contribution in [-0.4, -0.2) is 40.0 Å². The Morgan fingerprint density at radius 3 is 2.44 bits per heavy atom. The van der Waals surface area contributed by atoms with Crippen LogP contribution in [0.15, 0.2) is 18.5 Å². The van der Waals surface area contributed by atoms with Gasteiger partial charge in [0.2, 0.25) is 0 Å². The van der Waals surface area contributed by atoms with Crippen LogP contribution in [0.2, 0.25) is 0 Å². The van der Waals surface area contributed by atoms with Gasteiger partial charge in [-0.2, -0.15) is 0 Å². The summed E-state index contributed by atoms with van der Waals surface area (Å²) in [6.45, 7) is 4.81. The minimum absolute atomic E-state index is 0.0561. The van der Waals surface area contributed by atoms with Crippen molar-refractivity contribution in [1.29, 1.82) is 0 Å². The number of aromatic nitrogens is 1. The quantitative estimate of drug-likeness (QED) is 0.832. The summed E-state index contributed by atoms with van der Waals surface area (Å²) in [6, 6.07) is 1.43. The fourth-order valence-electron chi connectivity index (χ4n) is 1.43. The molecular formula is C11H14N2O3. The molecule has 0 radical (unpaired) electrons. The predicted molar refractivity (Wildman–Crippen MR) is 58.4 cm³/mol. The Kier molecular flexibility index (Phi) is 3.99. The van der Waals surface area contributed by atoms with Gasteiger partial charge in [-0.3, -0.25) is 9.78 Å². The molecule has 0 atom stereocenters. The van der Waals surface area contributed by atoms with Gasteiger partial charge in [0.25, 0.3) is 5.91 Å². The van der Waals surface area contributed by atoms with Crippen molar-refractivity contribution in [3.63, 3.8) is 0 Å². The van der Waals surface area contributed by atoms with E-state index >= 15 is 0 Å². The molecule has 0 saturated heterocycles.